The molecule has 2 aromatic heterocycles. The highest BCUT2D eigenvalue weighted by Crippen LogP contribution is 2.53. The van der Waals surface area contributed by atoms with Crippen LogP contribution in [-0.2, 0) is 4.79 Å². The van der Waals surface area contributed by atoms with Gasteiger partial charge in [-0.25, -0.2) is 24.6 Å². The standard InChI is InChI=1S/C27H28F2N6O3S.2C2H6/c1-38-20-13-30-19(24(28)29)10-17(20)16-11-21(35-14-27(8-9-27)7-6-23(35)36)31-12-18(16)25(37)32-26-34-33-22(39-26)5-4-15-2-3-15;2*1-2/h10-13,15,22,24,26,33-34H,2-3,6-9,14H2,1H3,(H,32,37);2*1-2H3. The van der Waals surface area contributed by atoms with Gasteiger partial charge in [0, 0.05) is 36.2 Å². The van der Waals surface area contributed by atoms with E-state index in [2.05, 4.69) is 38.0 Å². The summed E-state index contributed by atoms with van der Waals surface area (Å²) in [5.74, 6) is 6.91. The van der Waals surface area contributed by atoms with Crippen LogP contribution < -0.4 is 25.8 Å². The maximum atomic E-state index is 13.6. The van der Waals surface area contributed by atoms with Gasteiger partial charge in [0.15, 0.2) is 0 Å². The van der Waals surface area contributed by atoms with E-state index in [1.807, 2.05) is 27.7 Å². The number of amides is 2. The van der Waals surface area contributed by atoms with E-state index < -0.39 is 23.5 Å². The first-order valence-corrected chi connectivity index (χ1v) is 15.9. The van der Waals surface area contributed by atoms with Crippen molar-refractivity contribution in [2.75, 3.05) is 18.6 Å². The van der Waals surface area contributed by atoms with E-state index >= 15 is 0 Å². The second-order valence-electron chi connectivity index (χ2n) is 10.4. The fourth-order valence-electron chi connectivity index (χ4n) is 4.86. The summed E-state index contributed by atoms with van der Waals surface area (Å²) in [6.45, 7) is 8.55. The molecule has 2 saturated heterocycles. The van der Waals surface area contributed by atoms with E-state index in [9.17, 15) is 18.4 Å². The van der Waals surface area contributed by atoms with Crippen LogP contribution in [-0.4, -0.2) is 46.3 Å². The zero-order chi connectivity index (χ0) is 31.1. The van der Waals surface area contributed by atoms with Gasteiger partial charge in [-0.05, 0) is 49.7 Å². The number of halogens is 2. The van der Waals surface area contributed by atoms with Crippen LogP contribution in [0.5, 0.6) is 5.75 Å². The molecule has 2 amide bonds. The number of hydrazine groups is 1. The molecule has 0 aromatic carbocycles. The number of nitrogens with zero attached hydrogens (tertiary/aromatic N) is 3. The van der Waals surface area contributed by atoms with E-state index in [1.54, 1.807) is 11.0 Å². The second kappa shape index (κ2) is 14.5. The van der Waals surface area contributed by atoms with Crippen molar-refractivity contribution in [3.05, 3.63) is 35.8 Å². The number of alkyl halides is 2. The number of methoxy groups -OCH3 is 1. The molecule has 1 spiro atoms. The maximum absolute atomic E-state index is 13.6. The lowest BCUT2D eigenvalue weighted by Gasteiger charge is -2.32. The molecule has 2 aliphatic carbocycles. The normalized spacial score (nSPS) is 21.6. The number of carbonyl (C=O) groups is 2. The Labute approximate surface area is 256 Å². The van der Waals surface area contributed by atoms with E-state index in [-0.39, 0.29) is 33.6 Å². The van der Waals surface area contributed by atoms with Gasteiger partial charge in [-0.1, -0.05) is 51.3 Å². The van der Waals surface area contributed by atoms with Crippen LogP contribution in [0.25, 0.3) is 11.1 Å². The van der Waals surface area contributed by atoms with Crippen molar-refractivity contribution in [1.29, 1.82) is 0 Å². The minimum Gasteiger partial charge on any atom is -0.494 e. The highest BCUT2D eigenvalue weighted by atomic mass is 32.2. The summed E-state index contributed by atoms with van der Waals surface area (Å²) in [5.41, 5.74) is 6.01. The number of thioether (sulfide) groups is 1. The van der Waals surface area contributed by atoms with Crippen LogP contribution >= 0.6 is 11.8 Å². The average Bonchev–Trinajstić information content (AvgIpc) is 3.97. The van der Waals surface area contributed by atoms with E-state index in [4.69, 9.17) is 4.74 Å². The Balaban J connectivity index is 0.00000102. The summed E-state index contributed by atoms with van der Waals surface area (Å²) in [7, 11) is 1.41. The number of hydrogen-bond acceptors (Lipinski definition) is 8. The van der Waals surface area contributed by atoms with Crippen LogP contribution in [0.1, 0.15) is 88.7 Å². The van der Waals surface area contributed by atoms with E-state index in [0.29, 0.717) is 30.3 Å². The van der Waals surface area contributed by atoms with Gasteiger partial charge in [0.25, 0.3) is 12.3 Å². The molecular weight excluding hydrogens is 574 g/mol. The molecule has 2 saturated carbocycles. The lowest BCUT2D eigenvalue weighted by Crippen LogP contribution is -2.44. The Kier molecular flexibility index (Phi) is 11.0. The summed E-state index contributed by atoms with van der Waals surface area (Å²) < 4.78 is 32.7. The largest absolute Gasteiger partial charge is 0.494 e. The van der Waals surface area contributed by atoms with Crippen molar-refractivity contribution >= 4 is 29.4 Å². The third kappa shape index (κ3) is 7.82. The Morgan fingerprint density at radius 2 is 1.84 bits per heavy atom. The molecule has 2 atom stereocenters. The Morgan fingerprint density at radius 1 is 1.09 bits per heavy atom. The first kappa shape index (κ1) is 32.6. The molecule has 12 heteroatoms. The lowest BCUT2D eigenvalue weighted by atomic mass is 9.94. The number of pyridine rings is 2. The van der Waals surface area contributed by atoms with Gasteiger partial charge in [-0.3, -0.25) is 19.5 Å². The predicted molar refractivity (Wildman–Crippen MR) is 164 cm³/mol. The van der Waals surface area contributed by atoms with Crippen molar-refractivity contribution < 1.29 is 23.1 Å². The molecule has 4 aliphatic rings. The molecule has 9 nitrogen and oxygen atoms in total. The summed E-state index contributed by atoms with van der Waals surface area (Å²) >= 11 is 1.42. The average molecular weight is 615 g/mol. The van der Waals surface area contributed by atoms with Gasteiger partial charge < -0.3 is 10.1 Å². The lowest BCUT2D eigenvalue weighted by molar-refractivity contribution is -0.120. The maximum Gasteiger partial charge on any atom is 0.280 e. The van der Waals surface area contributed by atoms with E-state index in [1.165, 1.54) is 37.3 Å². The van der Waals surface area contributed by atoms with Gasteiger partial charge in [0.05, 0.1) is 18.9 Å². The summed E-state index contributed by atoms with van der Waals surface area (Å²) in [6, 6.07) is 2.83. The van der Waals surface area contributed by atoms with Gasteiger partial charge in [0.1, 0.15) is 28.1 Å². The minimum atomic E-state index is -2.81. The highest BCUT2D eigenvalue weighted by molar-refractivity contribution is 8.00. The van der Waals surface area contributed by atoms with Crippen LogP contribution in [0.2, 0.25) is 0 Å². The molecule has 6 rings (SSSR count). The first-order valence-electron chi connectivity index (χ1n) is 15.0. The number of aromatic nitrogens is 2. The zero-order valence-electron chi connectivity index (χ0n) is 25.3. The second-order valence-corrected chi connectivity index (χ2v) is 11.6. The van der Waals surface area contributed by atoms with Crippen LogP contribution in [0.4, 0.5) is 14.6 Å². The Morgan fingerprint density at radius 3 is 2.49 bits per heavy atom. The van der Waals surface area contributed by atoms with E-state index in [0.717, 1.165) is 32.1 Å². The topological polar surface area (TPSA) is 108 Å². The van der Waals surface area contributed by atoms with Crippen LogP contribution in [0.15, 0.2) is 24.5 Å². The quantitative estimate of drug-likeness (QED) is 0.359. The third-order valence-corrected chi connectivity index (χ3v) is 8.55. The molecule has 2 aromatic rings. The number of nitrogens with one attached hydrogen (secondary N) is 3. The minimum absolute atomic E-state index is 0.0471. The third-order valence-electron chi connectivity index (χ3n) is 7.53. The predicted octanol–water partition coefficient (Wildman–Crippen LogP) is 5.64. The molecule has 43 heavy (non-hydrogen) atoms. The summed E-state index contributed by atoms with van der Waals surface area (Å²) in [6.07, 6.45) is 5.45. The molecule has 4 fully saturated rings. The number of rotatable bonds is 6. The van der Waals surface area contributed by atoms with Gasteiger partial charge in [-0.15, -0.1) is 0 Å². The monoisotopic (exact) mass is 614 g/mol. The number of piperidine rings is 1. The summed E-state index contributed by atoms with van der Waals surface area (Å²) in [5, 5.41) is 2.73. The van der Waals surface area contributed by atoms with Crippen molar-refractivity contribution in [2.45, 2.75) is 83.5 Å². The molecule has 0 radical (unpaired) electrons. The number of ether oxygens (including phenoxy) is 1. The van der Waals surface area contributed by atoms with Crippen molar-refractivity contribution in [1.82, 2.24) is 26.1 Å². The first-order chi connectivity index (χ1) is 20.8. The molecule has 2 unspecified atom stereocenters. The highest BCUT2D eigenvalue weighted by Gasteiger charge is 2.48. The number of carbonyl (C=O) groups excluding carboxylic acids is 2. The molecule has 3 N–H and O–H groups in total. The van der Waals surface area contributed by atoms with Crippen molar-refractivity contribution in [2.24, 2.45) is 11.3 Å². The Bertz CT molecular complexity index is 1370. The Hall–Kier alpha value is -3.27. The van der Waals surface area contributed by atoms with Crippen molar-refractivity contribution in [3.8, 4) is 28.7 Å². The van der Waals surface area contributed by atoms with Crippen molar-refractivity contribution in [3.63, 3.8) is 0 Å². The fourth-order valence-corrected chi connectivity index (χ4v) is 5.72. The number of hydrogen-bond donors (Lipinski definition) is 3. The van der Waals surface area contributed by atoms with Crippen LogP contribution in [0.3, 0.4) is 0 Å². The van der Waals surface area contributed by atoms with Gasteiger partial charge in [0.2, 0.25) is 5.91 Å². The molecule has 2 aliphatic heterocycles. The smallest absolute Gasteiger partial charge is 0.280 e. The molecule has 232 valence electrons. The molecule has 0 bridgehead atoms. The van der Waals surface area contributed by atoms with Gasteiger partial charge in [-0.2, -0.15) is 0 Å². The van der Waals surface area contributed by atoms with Crippen LogP contribution in [0, 0.1) is 23.2 Å². The summed E-state index contributed by atoms with van der Waals surface area (Å²) in [4.78, 5) is 36.3. The number of anilines is 1. The zero-order valence-corrected chi connectivity index (χ0v) is 26.1. The fraction of sp³-hybridized carbons (Fsp3) is 0.548. The molecular formula is C31H40F2N6O3S. The molecule has 4 heterocycles. The SMILES string of the molecule is CC.CC.COc1cnc(C(F)F)cc1-c1cc(N2CC3(CCC2=O)CC3)ncc1C(=O)NC1NNC(C#CC2CC2)S1. The van der Waals surface area contributed by atoms with Gasteiger partial charge >= 0.3 is 0 Å².